The normalized spacial score (nSPS) is 13.1. The summed E-state index contributed by atoms with van der Waals surface area (Å²) < 4.78 is 12.4. The molecule has 0 spiro atoms. The predicted molar refractivity (Wildman–Crippen MR) is 33.8 cm³/mol. The van der Waals surface area contributed by atoms with Gasteiger partial charge < -0.3 is 0 Å². The van der Waals surface area contributed by atoms with Gasteiger partial charge in [-0.05, 0) is 24.6 Å². The molecule has 0 bridgehead atoms. The van der Waals surface area contributed by atoms with E-state index in [0.717, 1.165) is 0 Å². The van der Waals surface area contributed by atoms with Gasteiger partial charge in [0, 0.05) is 12.4 Å². The number of halogens is 1. The van der Waals surface area contributed by atoms with Gasteiger partial charge in [-0.25, -0.2) is 4.39 Å². The summed E-state index contributed by atoms with van der Waals surface area (Å²) >= 11 is 0. The summed E-state index contributed by atoms with van der Waals surface area (Å²) in [6, 6.07) is 3.34. The molecule has 1 nitrogen and oxygen atoms in total. The first kappa shape index (κ1) is 6.20. The molecule has 1 rings (SSSR count). The predicted octanol–water partition coefficient (Wildman–Crippen LogP) is 2.11. The van der Waals surface area contributed by atoms with Crippen LogP contribution in [0.15, 0.2) is 24.5 Å². The van der Waals surface area contributed by atoms with Crippen LogP contribution in [0.5, 0.6) is 0 Å². The molecule has 0 amide bonds. The minimum Gasteiger partial charge on any atom is -0.265 e. The third-order valence-corrected chi connectivity index (χ3v) is 1.17. The van der Waals surface area contributed by atoms with Gasteiger partial charge in [-0.3, -0.25) is 4.98 Å². The molecule has 0 saturated carbocycles. The van der Waals surface area contributed by atoms with Crippen LogP contribution < -0.4 is 0 Å². The van der Waals surface area contributed by atoms with E-state index in [9.17, 15) is 4.39 Å². The summed E-state index contributed by atoms with van der Waals surface area (Å²) in [5.41, 5.74) is 0.685. The molecule has 9 heavy (non-hydrogen) atoms. The van der Waals surface area contributed by atoms with Crippen molar-refractivity contribution in [2.45, 2.75) is 13.1 Å². The van der Waals surface area contributed by atoms with Gasteiger partial charge >= 0.3 is 0 Å². The summed E-state index contributed by atoms with van der Waals surface area (Å²) in [6.45, 7) is 1.51. The van der Waals surface area contributed by atoms with E-state index in [0.29, 0.717) is 5.56 Å². The second kappa shape index (κ2) is 2.58. The summed E-state index contributed by atoms with van der Waals surface area (Å²) in [5, 5.41) is 0. The molecule has 0 aliphatic carbocycles. The van der Waals surface area contributed by atoms with Crippen molar-refractivity contribution in [3.05, 3.63) is 30.1 Å². The Hall–Kier alpha value is -0.920. The number of rotatable bonds is 1. The first-order valence-electron chi connectivity index (χ1n) is 2.84. The minimum atomic E-state index is -0.881. The maximum atomic E-state index is 12.4. The molecular weight excluding hydrogens is 117 g/mol. The van der Waals surface area contributed by atoms with E-state index in [1.807, 2.05) is 0 Å². The Balaban J connectivity index is 2.85. The van der Waals surface area contributed by atoms with Crippen molar-refractivity contribution >= 4 is 0 Å². The maximum Gasteiger partial charge on any atom is 0.122 e. The Bertz CT molecular complexity index is 172. The van der Waals surface area contributed by atoms with E-state index >= 15 is 0 Å². The van der Waals surface area contributed by atoms with Crippen LogP contribution in [-0.2, 0) is 0 Å². The van der Waals surface area contributed by atoms with Crippen molar-refractivity contribution < 1.29 is 4.39 Å². The Labute approximate surface area is 53.5 Å². The van der Waals surface area contributed by atoms with Crippen LogP contribution in [0.2, 0.25) is 0 Å². The van der Waals surface area contributed by atoms with Crippen molar-refractivity contribution in [3.63, 3.8) is 0 Å². The fraction of sp³-hybridized carbons (Fsp3) is 0.286. The SMILES string of the molecule is CC(F)c1ccncc1. The van der Waals surface area contributed by atoms with Crippen LogP contribution in [0, 0.1) is 0 Å². The molecule has 0 aliphatic rings. The average Bonchev–Trinajstić information content (AvgIpc) is 1.90. The Kier molecular flexibility index (Phi) is 1.78. The second-order valence-electron chi connectivity index (χ2n) is 1.90. The smallest absolute Gasteiger partial charge is 0.122 e. The van der Waals surface area contributed by atoms with Crippen LogP contribution in [0.4, 0.5) is 4.39 Å². The second-order valence-corrected chi connectivity index (χ2v) is 1.90. The summed E-state index contributed by atoms with van der Waals surface area (Å²) in [6.07, 6.45) is 2.30. The molecule has 1 aromatic heterocycles. The van der Waals surface area contributed by atoms with E-state index in [1.54, 1.807) is 24.5 Å². The van der Waals surface area contributed by atoms with E-state index in [4.69, 9.17) is 0 Å². The summed E-state index contributed by atoms with van der Waals surface area (Å²) in [5.74, 6) is 0. The lowest BCUT2D eigenvalue weighted by Crippen LogP contribution is -1.83. The zero-order valence-electron chi connectivity index (χ0n) is 5.21. The summed E-state index contributed by atoms with van der Waals surface area (Å²) in [4.78, 5) is 3.76. The first-order chi connectivity index (χ1) is 4.30. The molecule has 0 fully saturated rings. The van der Waals surface area contributed by atoms with Crippen molar-refractivity contribution in [3.8, 4) is 0 Å². The lowest BCUT2D eigenvalue weighted by atomic mass is 10.2. The highest BCUT2D eigenvalue weighted by Gasteiger charge is 1.98. The molecule has 48 valence electrons. The molecule has 1 heterocycles. The highest BCUT2D eigenvalue weighted by molar-refractivity contribution is 5.11. The molecule has 1 aromatic rings. The minimum absolute atomic E-state index is 0.685. The maximum absolute atomic E-state index is 12.4. The van der Waals surface area contributed by atoms with Crippen LogP contribution in [0.1, 0.15) is 18.7 Å². The van der Waals surface area contributed by atoms with Crippen LogP contribution >= 0.6 is 0 Å². The number of alkyl halides is 1. The average molecular weight is 125 g/mol. The quantitative estimate of drug-likeness (QED) is 0.560. The van der Waals surface area contributed by atoms with Gasteiger partial charge in [-0.2, -0.15) is 0 Å². The van der Waals surface area contributed by atoms with Gasteiger partial charge in [-0.15, -0.1) is 0 Å². The van der Waals surface area contributed by atoms with Gasteiger partial charge in [0.2, 0.25) is 0 Å². The van der Waals surface area contributed by atoms with Gasteiger partial charge in [0.15, 0.2) is 0 Å². The van der Waals surface area contributed by atoms with Crippen LogP contribution in [0.25, 0.3) is 0 Å². The number of hydrogen-bond donors (Lipinski definition) is 0. The fourth-order valence-corrected chi connectivity index (χ4v) is 0.629. The lowest BCUT2D eigenvalue weighted by Gasteiger charge is -1.97. The van der Waals surface area contributed by atoms with Crippen molar-refractivity contribution in [1.82, 2.24) is 4.98 Å². The molecule has 0 aliphatic heterocycles. The molecule has 0 N–H and O–H groups in total. The highest BCUT2D eigenvalue weighted by atomic mass is 19.1. The van der Waals surface area contributed by atoms with E-state index in [2.05, 4.69) is 4.98 Å². The van der Waals surface area contributed by atoms with Gasteiger partial charge in [0.05, 0.1) is 0 Å². The highest BCUT2D eigenvalue weighted by Crippen LogP contribution is 2.13. The van der Waals surface area contributed by atoms with Crippen molar-refractivity contribution in [2.75, 3.05) is 0 Å². The third kappa shape index (κ3) is 1.49. The molecule has 1 atom stereocenters. The summed E-state index contributed by atoms with van der Waals surface area (Å²) in [7, 11) is 0. The van der Waals surface area contributed by atoms with Crippen molar-refractivity contribution in [2.24, 2.45) is 0 Å². The number of hydrogen-bond acceptors (Lipinski definition) is 1. The van der Waals surface area contributed by atoms with Crippen LogP contribution in [-0.4, -0.2) is 4.98 Å². The molecule has 1 unspecified atom stereocenters. The van der Waals surface area contributed by atoms with Gasteiger partial charge in [0.1, 0.15) is 6.17 Å². The molecule has 0 radical (unpaired) electrons. The number of aromatic nitrogens is 1. The fourth-order valence-electron chi connectivity index (χ4n) is 0.629. The van der Waals surface area contributed by atoms with Crippen LogP contribution in [0.3, 0.4) is 0 Å². The molecular formula is C7H8FN. The molecule has 2 heteroatoms. The van der Waals surface area contributed by atoms with Gasteiger partial charge in [-0.1, -0.05) is 0 Å². The monoisotopic (exact) mass is 125 g/mol. The standard InChI is InChI=1S/C7H8FN/c1-6(8)7-2-4-9-5-3-7/h2-6H,1H3. The topological polar surface area (TPSA) is 12.9 Å². The Morgan fingerprint density at radius 2 is 2.00 bits per heavy atom. The zero-order chi connectivity index (χ0) is 6.69. The van der Waals surface area contributed by atoms with E-state index in [-0.39, 0.29) is 0 Å². The Morgan fingerprint density at radius 3 is 2.33 bits per heavy atom. The van der Waals surface area contributed by atoms with Gasteiger partial charge in [0.25, 0.3) is 0 Å². The zero-order valence-corrected chi connectivity index (χ0v) is 5.21. The lowest BCUT2D eigenvalue weighted by molar-refractivity contribution is 0.374. The third-order valence-electron chi connectivity index (χ3n) is 1.17. The van der Waals surface area contributed by atoms with Crippen molar-refractivity contribution in [1.29, 1.82) is 0 Å². The molecule has 0 saturated heterocycles. The Morgan fingerprint density at radius 1 is 1.44 bits per heavy atom. The number of nitrogens with zero attached hydrogens (tertiary/aromatic N) is 1. The van der Waals surface area contributed by atoms with E-state index in [1.165, 1.54) is 6.92 Å². The van der Waals surface area contributed by atoms with E-state index < -0.39 is 6.17 Å². The largest absolute Gasteiger partial charge is 0.265 e. The molecule has 0 aromatic carbocycles. The number of pyridine rings is 1. The first-order valence-corrected chi connectivity index (χ1v) is 2.84.